The fourth-order valence-electron chi connectivity index (χ4n) is 3.10. The number of methoxy groups -OCH3 is 1. The second-order valence-electron chi connectivity index (χ2n) is 6.28. The van der Waals surface area contributed by atoms with Crippen LogP contribution >= 0.6 is 0 Å². The van der Waals surface area contributed by atoms with Crippen molar-refractivity contribution in [3.63, 3.8) is 0 Å². The summed E-state index contributed by atoms with van der Waals surface area (Å²) in [5, 5.41) is 7.33. The summed E-state index contributed by atoms with van der Waals surface area (Å²) in [5.74, 6) is -0.132. The van der Waals surface area contributed by atoms with Crippen molar-refractivity contribution in [2.24, 2.45) is 0 Å². The second-order valence-corrected chi connectivity index (χ2v) is 6.28. The van der Waals surface area contributed by atoms with Gasteiger partial charge < -0.3 is 15.4 Å². The number of nitrogens with one attached hydrogen (secondary N) is 2. The van der Waals surface area contributed by atoms with Crippen molar-refractivity contribution in [3.05, 3.63) is 0 Å². The molecule has 0 amide bonds. The summed E-state index contributed by atoms with van der Waals surface area (Å²) in [6.45, 7) is 8.03. The fraction of sp³-hybridized carbons (Fsp3) is 0.929. The molecule has 0 aromatic heterocycles. The molecular weight excluding hydrogens is 242 g/mol. The Hall–Kier alpha value is -0.650. The highest BCUT2D eigenvalue weighted by atomic mass is 16.5. The van der Waals surface area contributed by atoms with Crippen LogP contribution in [-0.4, -0.2) is 61.8 Å². The molecule has 2 N–H and O–H groups in total. The molecule has 2 aliphatic heterocycles. The van der Waals surface area contributed by atoms with Gasteiger partial charge >= 0.3 is 5.97 Å². The Morgan fingerprint density at radius 3 is 2.58 bits per heavy atom. The molecule has 110 valence electrons. The summed E-state index contributed by atoms with van der Waals surface area (Å²) in [4.78, 5) is 13.4. The Morgan fingerprint density at radius 1 is 1.37 bits per heavy atom. The molecular formula is C14H27N3O2. The molecule has 2 fully saturated rings. The first-order chi connectivity index (χ1) is 9.01. The lowest BCUT2D eigenvalue weighted by Gasteiger charge is -2.36. The smallest absolute Gasteiger partial charge is 0.319 e. The van der Waals surface area contributed by atoms with Crippen LogP contribution in [0.2, 0.25) is 0 Å². The average molecular weight is 269 g/mol. The third-order valence-corrected chi connectivity index (χ3v) is 4.49. The van der Waals surface area contributed by atoms with Crippen molar-refractivity contribution in [2.75, 3.05) is 33.3 Å². The number of hydrogen-bond donors (Lipinski definition) is 2. The van der Waals surface area contributed by atoms with Crippen LogP contribution in [0.5, 0.6) is 0 Å². The maximum absolute atomic E-state index is 11.2. The van der Waals surface area contributed by atoms with Gasteiger partial charge in [0.1, 0.15) is 0 Å². The molecule has 19 heavy (non-hydrogen) atoms. The highest BCUT2D eigenvalue weighted by Crippen LogP contribution is 2.21. The van der Waals surface area contributed by atoms with Crippen molar-refractivity contribution in [1.29, 1.82) is 0 Å². The number of hydrogen-bond acceptors (Lipinski definition) is 5. The van der Waals surface area contributed by atoms with Crippen LogP contribution in [-0.2, 0) is 9.53 Å². The first-order valence-electron chi connectivity index (χ1n) is 7.31. The lowest BCUT2D eigenvalue weighted by molar-refractivity contribution is -0.142. The number of carbonyl (C=O) groups is 1. The van der Waals surface area contributed by atoms with Crippen LogP contribution < -0.4 is 10.6 Å². The Bertz CT molecular complexity index is 312. The van der Waals surface area contributed by atoms with Gasteiger partial charge in [0.2, 0.25) is 0 Å². The number of nitrogens with zero attached hydrogens (tertiary/aromatic N) is 1. The van der Waals surface area contributed by atoms with E-state index in [9.17, 15) is 4.79 Å². The van der Waals surface area contributed by atoms with E-state index in [4.69, 9.17) is 4.74 Å². The van der Waals surface area contributed by atoms with Crippen LogP contribution in [0.4, 0.5) is 0 Å². The SMILES string of the molecule is COC(=O)CN1CCC(N[C@@H]2CCNC2(C)C)CC1. The van der Waals surface area contributed by atoms with Gasteiger partial charge in [0.15, 0.2) is 0 Å². The average Bonchev–Trinajstić information content (AvgIpc) is 2.71. The fourth-order valence-corrected chi connectivity index (χ4v) is 3.10. The lowest BCUT2D eigenvalue weighted by atomic mass is 9.94. The molecule has 5 heteroatoms. The number of likely N-dealkylation sites (tertiary alicyclic amines) is 1. The van der Waals surface area contributed by atoms with Crippen molar-refractivity contribution in [3.8, 4) is 0 Å². The van der Waals surface area contributed by atoms with Crippen molar-refractivity contribution in [1.82, 2.24) is 15.5 Å². The summed E-state index contributed by atoms with van der Waals surface area (Å²) < 4.78 is 4.71. The van der Waals surface area contributed by atoms with Crippen LogP contribution in [0.1, 0.15) is 33.1 Å². The molecule has 0 unspecified atom stereocenters. The first-order valence-corrected chi connectivity index (χ1v) is 7.31. The third kappa shape index (κ3) is 3.91. The minimum Gasteiger partial charge on any atom is -0.468 e. The summed E-state index contributed by atoms with van der Waals surface area (Å²) in [7, 11) is 1.45. The molecule has 2 saturated heterocycles. The van der Waals surface area contributed by atoms with Crippen LogP contribution in [0.3, 0.4) is 0 Å². The highest BCUT2D eigenvalue weighted by Gasteiger charge is 2.35. The topological polar surface area (TPSA) is 53.6 Å². The Balaban J connectivity index is 1.73. The summed E-state index contributed by atoms with van der Waals surface area (Å²) >= 11 is 0. The third-order valence-electron chi connectivity index (χ3n) is 4.49. The van der Waals surface area contributed by atoms with Gasteiger partial charge in [-0.1, -0.05) is 0 Å². The molecule has 0 aromatic rings. The minimum absolute atomic E-state index is 0.132. The van der Waals surface area contributed by atoms with Gasteiger partial charge in [0, 0.05) is 30.7 Å². The standard InChI is InChI=1S/C14H27N3O2/c1-14(2)12(4-7-15-14)16-11-5-8-17(9-6-11)10-13(18)19-3/h11-12,15-16H,4-10H2,1-3H3/t12-/m1/s1. The van der Waals surface area contributed by atoms with Crippen molar-refractivity contribution in [2.45, 2.75) is 50.7 Å². The van der Waals surface area contributed by atoms with E-state index in [1.807, 2.05) is 0 Å². The normalized spacial score (nSPS) is 28.5. The number of rotatable bonds is 4. The summed E-state index contributed by atoms with van der Waals surface area (Å²) in [5.41, 5.74) is 0.198. The Morgan fingerprint density at radius 2 is 2.05 bits per heavy atom. The van der Waals surface area contributed by atoms with E-state index in [0.717, 1.165) is 32.5 Å². The molecule has 0 saturated carbocycles. The molecule has 0 aliphatic carbocycles. The molecule has 2 rings (SSSR count). The predicted octanol–water partition coefficient (Wildman–Crippen LogP) is 0.354. The zero-order chi connectivity index (χ0) is 13.9. The van der Waals surface area contributed by atoms with E-state index in [1.54, 1.807) is 0 Å². The Kier molecular flexibility index (Phi) is 4.81. The van der Waals surface area contributed by atoms with Crippen molar-refractivity contribution < 1.29 is 9.53 Å². The first kappa shape index (κ1) is 14.8. The van der Waals surface area contributed by atoms with Gasteiger partial charge in [0.05, 0.1) is 13.7 Å². The molecule has 5 nitrogen and oxygen atoms in total. The highest BCUT2D eigenvalue weighted by molar-refractivity contribution is 5.71. The predicted molar refractivity (Wildman–Crippen MR) is 75.1 cm³/mol. The molecule has 0 aromatic carbocycles. The van der Waals surface area contributed by atoms with Gasteiger partial charge in [-0.3, -0.25) is 9.69 Å². The number of carbonyl (C=O) groups excluding carboxylic acids is 1. The number of ether oxygens (including phenoxy) is 1. The lowest BCUT2D eigenvalue weighted by Crippen LogP contribution is -2.54. The zero-order valence-corrected chi connectivity index (χ0v) is 12.4. The van der Waals surface area contributed by atoms with E-state index in [-0.39, 0.29) is 11.5 Å². The van der Waals surface area contributed by atoms with E-state index in [0.29, 0.717) is 18.6 Å². The Labute approximate surface area is 116 Å². The van der Waals surface area contributed by atoms with Gasteiger partial charge in [-0.15, -0.1) is 0 Å². The van der Waals surface area contributed by atoms with E-state index in [1.165, 1.54) is 13.5 Å². The number of esters is 1. The number of piperidine rings is 1. The van der Waals surface area contributed by atoms with E-state index in [2.05, 4.69) is 29.4 Å². The summed E-state index contributed by atoms with van der Waals surface area (Å²) in [6, 6.07) is 1.14. The molecule has 2 aliphatic rings. The monoisotopic (exact) mass is 269 g/mol. The van der Waals surface area contributed by atoms with Crippen LogP contribution in [0.25, 0.3) is 0 Å². The van der Waals surface area contributed by atoms with Gasteiger partial charge in [-0.25, -0.2) is 0 Å². The van der Waals surface area contributed by atoms with Gasteiger partial charge in [0.25, 0.3) is 0 Å². The molecule has 0 spiro atoms. The van der Waals surface area contributed by atoms with Gasteiger partial charge in [-0.05, 0) is 39.7 Å². The van der Waals surface area contributed by atoms with E-state index < -0.39 is 0 Å². The van der Waals surface area contributed by atoms with Crippen LogP contribution in [0.15, 0.2) is 0 Å². The second kappa shape index (κ2) is 6.20. The zero-order valence-electron chi connectivity index (χ0n) is 12.4. The largest absolute Gasteiger partial charge is 0.468 e. The summed E-state index contributed by atoms with van der Waals surface area (Å²) in [6.07, 6.45) is 3.43. The molecule has 0 bridgehead atoms. The molecule has 2 heterocycles. The molecule has 0 radical (unpaired) electrons. The van der Waals surface area contributed by atoms with Crippen LogP contribution in [0, 0.1) is 0 Å². The quantitative estimate of drug-likeness (QED) is 0.722. The minimum atomic E-state index is -0.132. The van der Waals surface area contributed by atoms with Gasteiger partial charge in [-0.2, -0.15) is 0 Å². The maximum atomic E-state index is 11.2. The van der Waals surface area contributed by atoms with Crippen molar-refractivity contribution >= 4 is 5.97 Å². The van der Waals surface area contributed by atoms with E-state index >= 15 is 0 Å². The molecule has 1 atom stereocenters. The maximum Gasteiger partial charge on any atom is 0.319 e.